The van der Waals surface area contributed by atoms with Crippen molar-refractivity contribution in [1.82, 2.24) is 15.3 Å². The zero-order valence-electron chi connectivity index (χ0n) is 14.2. The Morgan fingerprint density at radius 3 is 2.42 bits per heavy atom. The zero-order chi connectivity index (χ0) is 17.2. The molecule has 0 radical (unpaired) electrons. The summed E-state index contributed by atoms with van der Waals surface area (Å²) in [6.45, 7) is 5.39. The number of hydrogen-bond donors (Lipinski definition) is 2. The molecule has 6 nitrogen and oxygen atoms in total. The summed E-state index contributed by atoms with van der Waals surface area (Å²) in [6, 6.07) is 7.54. The highest BCUT2D eigenvalue weighted by Crippen LogP contribution is 2.18. The van der Waals surface area contributed by atoms with Gasteiger partial charge in [-0.25, -0.2) is 9.97 Å². The summed E-state index contributed by atoms with van der Waals surface area (Å²) in [6.07, 6.45) is 6.28. The molecule has 6 heteroatoms. The Hall–Kier alpha value is -2.63. The monoisotopic (exact) mass is 328 g/mol. The maximum absolute atomic E-state index is 12.0. The molecule has 1 aromatic carbocycles. The van der Waals surface area contributed by atoms with Crippen LogP contribution in [0.5, 0.6) is 5.75 Å². The largest absolute Gasteiger partial charge is 0.494 e. The molecule has 2 N–H and O–H groups in total. The lowest BCUT2D eigenvalue weighted by molar-refractivity contribution is 0.0952. The second kappa shape index (κ2) is 9.50. The highest BCUT2D eigenvalue weighted by atomic mass is 16.5. The van der Waals surface area contributed by atoms with Gasteiger partial charge in [-0.15, -0.1) is 0 Å². The SMILES string of the molecule is CCCCCNC(=O)c1cnc(Nc2ccc(OCC)cc2)nc1. The van der Waals surface area contributed by atoms with Gasteiger partial charge in [0.1, 0.15) is 5.75 Å². The number of hydrogen-bond acceptors (Lipinski definition) is 5. The predicted molar refractivity (Wildman–Crippen MR) is 94.8 cm³/mol. The van der Waals surface area contributed by atoms with Crippen LogP contribution >= 0.6 is 0 Å². The number of aromatic nitrogens is 2. The summed E-state index contributed by atoms with van der Waals surface area (Å²) in [7, 11) is 0. The Kier molecular flexibility index (Phi) is 7.01. The minimum absolute atomic E-state index is 0.140. The summed E-state index contributed by atoms with van der Waals surface area (Å²) in [5.41, 5.74) is 1.32. The zero-order valence-corrected chi connectivity index (χ0v) is 14.2. The maximum Gasteiger partial charge on any atom is 0.254 e. The number of carbonyl (C=O) groups excluding carboxylic acids is 1. The van der Waals surface area contributed by atoms with E-state index in [1.54, 1.807) is 0 Å². The van der Waals surface area contributed by atoms with Crippen LogP contribution in [0.15, 0.2) is 36.7 Å². The van der Waals surface area contributed by atoms with Crippen LogP contribution in [-0.2, 0) is 0 Å². The molecule has 0 bridgehead atoms. The highest BCUT2D eigenvalue weighted by molar-refractivity contribution is 5.93. The summed E-state index contributed by atoms with van der Waals surface area (Å²) in [5.74, 6) is 1.12. The summed E-state index contributed by atoms with van der Waals surface area (Å²) in [5, 5.41) is 5.96. The fourth-order valence-electron chi connectivity index (χ4n) is 2.12. The Morgan fingerprint density at radius 2 is 1.79 bits per heavy atom. The molecular weight excluding hydrogens is 304 g/mol. The first kappa shape index (κ1) is 17.7. The number of anilines is 2. The van der Waals surface area contributed by atoms with Crippen LogP contribution in [0.4, 0.5) is 11.6 Å². The molecule has 0 atom stereocenters. The third-order valence-electron chi connectivity index (χ3n) is 3.40. The van der Waals surface area contributed by atoms with E-state index in [0.717, 1.165) is 30.7 Å². The standard InChI is InChI=1S/C18H24N4O2/c1-3-5-6-11-19-17(23)14-12-20-18(21-13-14)22-15-7-9-16(10-8-15)24-4-2/h7-10,12-13H,3-6,11H2,1-2H3,(H,19,23)(H,20,21,22). The molecule has 2 aromatic rings. The molecule has 0 aliphatic heterocycles. The molecule has 0 saturated carbocycles. The molecule has 0 aliphatic rings. The van der Waals surface area contributed by atoms with Gasteiger partial charge in [0.15, 0.2) is 0 Å². The van der Waals surface area contributed by atoms with E-state index in [0.29, 0.717) is 24.7 Å². The van der Waals surface area contributed by atoms with Gasteiger partial charge in [0.2, 0.25) is 5.95 Å². The molecular formula is C18H24N4O2. The van der Waals surface area contributed by atoms with Crippen molar-refractivity contribution in [2.45, 2.75) is 33.1 Å². The van der Waals surface area contributed by atoms with Crippen LogP contribution < -0.4 is 15.4 Å². The van der Waals surface area contributed by atoms with E-state index >= 15 is 0 Å². The van der Waals surface area contributed by atoms with E-state index < -0.39 is 0 Å². The molecule has 0 fully saturated rings. The molecule has 2 rings (SSSR count). The Labute approximate surface area is 142 Å². The number of carbonyl (C=O) groups is 1. The van der Waals surface area contributed by atoms with Crippen LogP contribution in [0.2, 0.25) is 0 Å². The van der Waals surface area contributed by atoms with Crippen LogP contribution in [-0.4, -0.2) is 29.0 Å². The van der Waals surface area contributed by atoms with Gasteiger partial charge in [0, 0.05) is 24.6 Å². The molecule has 0 spiro atoms. The number of benzene rings is 1. The third-order valence-corrected chi connectivity index (χ3v) is 3.40. The average molecular weight is 328 g/mol. The summed E-state index contributed by atoms with van der Waals surface area (Å²) in [4.78, 5) is 20.3. The highest BCUT2D eigenvalue weighted by Gasteiger charge is 2.06. The minimum Gasteiger partial charge on any atom is -0.494 e. The van der Waals surface area contributed by atoms with Crippen LogP contribution in [0.1, 0.15) is 43.5 Å². The van der Waals surface area contributed by atoms with Gasteiger partial charge in [-0.1, -0.05) is 19.8 Å². The molecule has 0 aliphatic carbocycles. The smallest absolute Gasteiger partial charge is 0.254 e. The van der Waals surface area contributed by atoms with Gasteiger partial charge in [-0.2, -0.15) is 0 Å². The molecule has 1 aromatic heterocycles. The minimum atomic E-state index is -0.140. The van der Waals surface area contributed by atoms with Crippen molar-refractivity contribution in [2.75, 3.05) is 18.5 Å². The lowest BCUT2D eigenvalue weighted by Crippen LogP contribution is -2.24. The number of ether oxygens (including phenoxy) is 1. The number of nitrogens with zero attached hydrogens (tertiary/aromatic N) is 2. The third kappa shape index (κ3) is 5.53. The van der Waals surface area contributed by atoms with Crippen LogP contribution in [0, 0.1) is 0 Å². The van der Waals surface area contributed by atoms with Crippen LogP contribution in [0.25, 0.3) is 0 Å². The van der Waals surface area contributed by atoms with Gasteiger partial charge in [-0.05, 0) is 37.6 Å². The van der Waals surface area contributed by atoms with E-state index in [2.05, 4.69) is 27.5 Å². The topological polar surface area (TPSA) is 76.1 Å². The Balaban J connectivity index is 1.88. The van der Waals surface area contributed by atoms with Crippen molar-refractivity contribution in [3.8, 4) is 5.75 Å². The second-order valence-corrected chi connectivity index (χ2v) is 5.34. The molecule has 1 heterocycles. The first-order valence-corrected chi connectivity index (χ1v) is 8.33. The first-order chi connectivity index (χ1) is 11.7. The average Bonchev–Trinajstić information content (AvgIpc) is 2.61. The number of amides is 1. The Morgan fingerprint density at radius 1 is 1.08 bits per heavy atom. The number of rotatable bonds is 9. The molecule has 24 heavy (non-hydrogen) atoms. The van der Waals surface area contributed by atoms with E-state index in [9.17, 15) is 4.79 Å². The van der Waals surface area contributed by atoms with E-state index in [1.165, 1.54) is 12.4 Å². The van der Waals surface area contributed by atoms with Gasteiger partial charge in [0.25, 0.3) is 5.91 Å². The summed E-state index contributed by atoms with van der Waals surface area (Å²) < 4.78 is 5.40. The Bertz CT molecular complexity index is 626. The van der Waals surface area contributed by atoms with Gasteiger partial charge in [-0.3, -0.25) is 4.79 Å². The van der Waals surface area contributed by atoms with Crippen molar-refractivity contribution in [1.29, 1.82) is 0 Å². The van der Waals surface area contributed by atoms with Crippen molar-refractivity contribution < 1.29 is 9.53 Å². The first-order valence-electron chi connectivity index (χ1n) is 8.33. The van der Waals surface area contributed by atoms with Crippen molar-refractivity contribution in [3.05, 3.63) is 42.2 Å². The molecule has 0 unspecified atom stereocenters. The summed E-state index contributed by atoms with van der Waals surface area (Å²) >= 11 is 0. The quantitative estimate of drug-likeness (QED) is 0.689. The lowest BCUT2D eigenvalue weighted by atomic mass is 10.2. The van der Waals surface area contributed by atoms with Crippen molar-refractivity contribution >= 4 is 17.5 Å². The van der Waals surface area contributed by atoms with Crippen molar-refractivity contribution in [3.63, 3.8) is 0 Å². The van der Waals surface area contributed by atoms with Gasteiger partial charge >= 0.3 is 0 Å². The fraction of sp³-hybridized carbons (Fsp3) is 0.389. The molecule has 1 amide bonds. The molecule has 128 valence electrons. The fourth-order valence-corrected chi connectivity index (χ4v) is 2.12. The van der Waals surface area contributed by atoms with E-state index in [4.69, 9.17) is 4.74 Å². The van der Waals surface area contributed by atoms with E-state index in [1.807, 2.05) is 31.2 Å². The second-order valence-electron chi connectivity index (χ2n) is 5.34. The van der Waals surface area contributed by atoms with Crippen molar-refractivity contribution in [2.24, 2.45) is 0 Å². The normalized spacial score (nSPS) is 10.2. The van der Waals surface area contributed by atoms with Gasteiger partial charge < -0.3 is 15.4 Å². The van der Waals surface area contributed by atoms with Gasteiger partial charge in [0.05, 0.1) is 12.2 Å². The predicted octanol–water partition coefficient (Wildman–Crippen LogP) is 3.54. The number of nitrogens with one attached hydrogen (secondary N) is 2. The lowest BCUT2D eigenvalue weighted by Gasteiger charge is -2.08. The molecule has 0 saturated heterocycles. The number of unbranched alkanes of at least 4 members (excludes halogenated alkanes) is 2. The maximum atomic E-state index is 12.0. The van der Waals surface area contributed by atoms with Crippen LogP contribution in [0.3, 0.4) is 0 Å². The van der Waals surface area contributed by atoms with E-state index in [-0.39, 0.29) is 5.91 Å².